The van der Waals surface area contributed by atoms with Gasteiger partial charge in [-0.1, -0.05) is 0 Å². The van der Waals surface area contributed by atoms with Gasteiger partial charge in [-0.2, -0.15) is 0 Å². The Morgan fingerprint density at radius 2 is 2.13 bits per heavy atom. The molecule has 0 bridgehead atoms. The van der Waals surface area contributed by atoms with Crippen LogP contribution in [0.15, 0.2) is 0 Å². The summed E-state index contributed by atoms with van der Waals surface area (Å²) in [6.07, 6.45) is 0. The zero-order chi connectivity index (χ0) is 11.7. The van der Waals surface area contributed by atoms with Crippen molar-refractivity contribution in [2.75, 3.05) is 47.4 Å². The standard InChI is InChI=1S/C10H23N3O2/c1-9(8-13(2)3)12-10(14)7-11-5-6-15-4/h9,11H,5-8H2,1-4H3,(H,12,14). The van der Waals surface area contributed by atoms with Crippen LogP contribution in [-0.4, -0.2) is 64.3 Å². The van der Waals surface area contributed by atoms with E-state index in [9.17, 15) is 4.79 Å². The van der Waals surface area contributed by atoms with Crippen LogP contribution >= 0.6 is 0 Å². The Labute approximate surface area is 92.2 Å². The third-order valence-corrected chi connectivity index (χ3v) is 1.81. The summed E-state index contributed by atoms with van der Waals surface area (Å²) in [5.41, 5.74) is 0. The van der Waals surface area contributed by atoms with Gasteiger partial charge in [0.2, 0.25) is 5.91 Å². The highest BCUT2D eigenvalue weighted by Crippen LogP contribution is 1.84. The van der Waals surface area contributed by atoms with Crippen LogP contribution in [0, 0.1) is 0 Å². The first-order valence-electron chi connectivity index (χ1n) is 5.20. The van der Waals surface area contributed by atoms with Gasteiger partial charge in [0.15, 0.2) is 0 Å². The molecule has 1 amide bonds. The molecule has 5 nitrogen and oxygen atoms in total. The molecule has 0 heterocycles. The van der Waals surface area contributed by atoms with E-state index in [1.807, 2.05) is 25.9 Å². The number of nitrogens with one attached hydrogen (secondary N) is 2. The first-order valence-corrected chi connectivity index (χ1v) is 5.20. The fourth-order valence-electron chi connectivity index (χ4n) is 1.30. The molecule has 0 aliphatic heterocycles. The first kappa shape index (κ1) is 14.3. The van der Waals surface area contributed by atoms with E-state index in [1.165, 1.54) is 0 Å². The van der Waals surface area contributed by atoms with Crippen molar-refractivity contribution in [2.24, 2.45) is 0 Å². The van der Waals surface area contributed by atoms with Crippen LogP contribution < -0.4 is 10.6 Å². The highest BCUT2D eigenvalue weighted by Gasteiger charge is 2.06. The molecule has 0 aromatic rings. The van der Waals surface area contributed by atoms with Gasteiger partial charge in [-0.25, -0.2) is 0 Å². The molecule has 0 spiro atoms. The maximum atomic E-state index is 11.4. The number of carbonyl (C=O) groups excluding carboxylic acids is 1. The zero-order valence-corrected chi connectivity index (χ0v) is 10.2. The smallest absolute Gasteiger partial charge is 0.234 e. The molecule has 0 aromatic carbocycles. The lowest BCUT2D eigenvalue weighted by atomic mass is 10.3. The van der Waals surface area contributed by atoms with Gasteiger partial charge in [-0.15, -0.1) is 0 Å². The number of nitrogens with zero attached hydrogens (tertiary/aromatic N) is 1. The van der Waals surface area contributed by atoms with Crippen LogP contribution in [0.2, 0.25) is 0 Å². The monoisotopic (exact) mass is 217 g/mol. The first-order chi connectivity index (χ1) is 7.06. The van der Waals surface area contributed by atoms with Crippen molar-refractivity contribution in [2.45, 2.75) is 13.0 Å². The van der Waals surface area contributed by atoms with E-state index in [0.29, 0.717) is 19.7 Å². The normalized spacial score (nSPS) is 12.9. The summed E-state index contributed by atoms with van der Waals surface area (Å²) in [4.78, 5) is 13.4. The van der Waals surface area contributed by atoms with Gasteiger partial charge in [-0.05, 0) is 21.0 Å². The molecule has 1 atom stereocenters. The van der Waals surface area contributed by atoms with Gasteiger partial charge < -0.3 is 20.3 Å². The Morgan fingerprint density at radius 3 is 2.67 bits per heavy atom. The Kier molecular flexibility index (Phi) is 8.27. The van der Waals surface area contributed by atoms with Crippen LogP contribution in [0.4, 0.5) is 0 Å². The summed E-state index contributed by atoms with van der Waals surface area (Å²) in [6, 6.07) is 0.178. The molecule has 2 N–H and O–H groups in total. The predicted octanol–water partition coefficient (Wildman–Crippen LogP) is -0.711. The zero-order valence-electron chi connectivity index (χ0n) is 10.2. The van der Waals surface area contributed by atoms with E-state index in [-0.39, 0.29) is 11.9 Å². The SMILES string of the molecule is COCCNCC(=O)NC(C)CN(C)C. The second-order valence-corrected chi connectivity index (χ2v) is 3.90. The molecule has 0 rings (SSSR count). The van der Waals surface area contributed by atoms with Crippen LogP contribution in [0.25, 0.3) is 0 Å². The molecule has 0 saturated carbocycles. The Balaban J connectivity index is 3.47. The molecule has 0 aliphatic carbocycles. The minimum absolute atomic E-state index is 0.0282. The molecule has 1 unspecified atom stereocenters. The second kappa shape index (κ2) is 8.64. The number of hydrogen-bond donors (Lipinski definition) is 2. The molecule has 0 saturated heterocycles. The van der Waals surface area contributed by atoms with Gasteiger partial charge in [0.25, 0.3) is 0 Å². The Hall–Kier alpha value is -0.650. The Morgan fingerprint density at radius 1 is 1.47 bits per heavy atom. The largest absolute Gasteiger partial charge is 0.383 e. The van der Waals surface area contributed by atoms with Crippen LogP contribution in [0.5, 0.6) is 0 Å². The minimum Gasteiger partial charge on any atom is -0.383 e. The van der Waals surface area contributed by atoms with E-state index in [1.54, 1.807) is 7.11 Å². The van der Waals surface area contributed by atoms with Crippen molar-refractivity contribution in [3.05, 3.63) is 0 Å². The summed E-state index contributed by atoms with van der Waals surface area (Å²) in [5.74, 6) is 0.0282. The van der Waals surface area contributed by atoms with Crippen molar-refractivity contribution in [3.8, 4) is 0 Å². The maximum Gasteiger partial charge on any atom is 0.234 e. The van der Waals surface area contributed by atoms with Gasteiger partial charge in [0, 0.05) is 26.2 Å². The van der Waals surface area contributed by atoms with Crippen LogP contribution in [-0.2, 0) is 9.53 Å². The molecular weight excluding hydrogens is 194 g/mol. The highest BCUT2D eigenvalue weighted by molar-refractivity contribution is 5.78. The maximum absolute atomic E-state index is 11.4. The van der Waals surface area contributed by atoms with Crippen molar-refractivity contribution in [3.63, 3.8) is 0 Å². The number of ether oxygens (including phenoxy) is 1. The fourth-order valence-corrected chi connectivity index (χ4v) is 1.30. The third kappa shape index (κ3) is 9.65. The number of methoxy groups -OCH3 is 1. The average Bonchev–Trinajstić information content (AvgIpc) is 2.10. The van der Waals surface area contributed by atoms with Gasteiger partial charge in [-0.3, -0.25) is 4.79 Å². The quantitative estimate of drug-likeness (QED) is 0.527. The van der Waals surface area contributed by atoms with Crippen LogP contribution in [0.1, 0.15) is 6.92 Å². The molecule has 5 heteroatoms. The molecule has 0 fully saturated rings. The van der Waals surface area contributed by atoms with Gasteiger partial charge in [0.1, 0.15) is 0 Å². The number of carbonyl (C=O) groups is 1. The van der Waals surface area contributed by atoms with E-state index in [0.717, 1.165) is 6.54 Å². The molecule has 0 radical (unpaired) electrons. The average molecular weight is 217 g/mol. The number of rotatable bonds is 8. The van der Waals surface area contributed by atoms with Crippen molar-refractivity contribution < 1.29 is 9.53 Å². The number of hydrogen-bond acceptors (Lipinski definition) is 4. The summed E-state index contributed by atoms with van der Waals surface area (Å²) >= 11 is 0. The number of amides is 1. The summed E-state index contributed by atoms with van der Waals surface area (Å²) in [6.45, 7) is 4.52. The second-order valence-electron chi connectivity index (χ2n) is 3.90. The van der Waals surface area contributed by atoms with Crippen molar-refractivity contribution in [1.82, 2.24) is 15.5 Å². The van der Waals surface area contributed by atoms with Crippen LogP contribution in [0.3, 0.4) is 0 Å². The summed E-state index contributed by atoms with van der Waals surface area (Å²) in [7, 11) is 5.61. The summed E-state index contributed by atoms with van der Waals surface area (Å²) in [5, 5.41) is 5.90. The third-order valence-electron chi connectivity index (χ3n) is 1.81. The minimum atomic E-state index is 0.0282. The lowest BCUT2D eigenvalue weighted by molar-refractivity contribution is -0.120. The lowest BCUT2D eigenvalue weighted by Gasteiger charge is -2.18. The molecule has 0 aliphatic rings. The molecular formula is C10H23N3O2. The number of likely N-dealkylation sites (N-methyl/N-ethyl adjacent to an activating group) is 1. The van der Waals surface area contributed by atoms with E-state index >= 15 is 0 Å². The predicted molar refractivity (Wildman–Crippen MR) is 60.9 cm³/mol. The van der Waals surface area contributed by atoms with Gasteiger partial charge in [0.05, 0.1) is 13.2 Å². The van der Waals surface area contributed by atoms with E-state index < -0.39 is 0 Å². The molecule has 90 valence electrons. The van der Waals surface area contributed by atoms with E-state index in [2.05, 4.69) is 10.6 Å². The van der Waals surface area contributed by atoms with E-state index in [4.69, 9.17) is 4.74 Å². The lowest BCUT2D eigenvalue weighted by Crippen LogP contribution is -2.43. The topological polar surface area (TPSA) is 53.6 Å². The fraction of sp³-hybridized carbons (Fsp3) is 0.900. The molecule has 0 aromatic heterocycles. The highest BCUT2D eigenvalue weighted by atomic mass is 16.5. The van der Waals surface area contributed by atoms with Crippen molar-refractivity contribution in [1.29, 1.82) is 0 Å². The Bertz CT molecular complexity index is 174. The van der Waals surface area contributed by atoms with Crippen molar-refractivity contribution >= 4 is 5.91 Å². The summed E-state index contributed by atoms with van der Waals surface area (Å²) < 4.78 is 4.86. The molecule has 15 heavy (non-hydrogen) atoms. The van der Waals surface area contributed by atoms with Gasteiger partial charge >= 0.3 is 0 Å².